The highest BCUT2D eigenvalue weighted by atomic mass is 32.2. The Balaban J connectivity index is 1.77. The fourth-order valence-corrected chi connectivity index (χ4v) is 9.34. The molecule has 3 saturated heterocycles. The number of aliphatic hydroxyl groups is 1. The van der Waals surface area contributed by atoms with Crippen molar-refractivity contribution in [1.29, 1.82) is 0 Å². The molecule has 8 heteroatoms. The minimum Gasteiger partial charge on any atom is -0.461 e. The van der Waals surface area contributed by atoms with Gasteiger partial charge < -0.3 is 19.6 Å². The van der Waals surface area contributed by atoms with Crippen molar-refractivity contribution in [3.8, 4) is 0 Å². The highest BCUT2D eigenvalue weighted by Gasteiger charge is 2.75. The molecule has 200 valence electrons. The van der Waals surface area contributed by atoms with E-state index >= 15 is 0 Å². The zero-order valence-electron chi connectivity index (χ0n) is 21.8. The van der Waals surface area contributed by atoms with Gasteiger partial charge in [0.2, 0.25) is 11.8 Å². The molecule has 2 bridgehead atoms. The Hall–Kier alpha value is -1.80. The average Bonchev–Trinajstić information content (AvgIpc) is 3.54. The minimum absolute atomic E-state index is 0.0142. The van der Waals surface area contributed by atoms with Crippen molar-refractivity contribution in [3.05, 3.63) is 25.3 Å². The van der Waals surface area contributed by atoms with E-state index in [9.17, 15) is 19.5 Å². The monoisotopic (exact) mass is 518 g/mol. The molecular formula is C28H42N2O5S. The lowest BCUT2D eigenvalue weighted by molar-refractivity contribution is -0.154. The third-order valence-corrected chi connectivity index (χ3v) is 11.0. The van der Waals surface area contributed by atoms with Crippen LogP contribution in [-0.2, 0) is 19.1 Å². The molecule has 1 N–H and O–H groups in total. The summed E-state index contributed by atoms with van der Waals surface area (Å²) in [5.74, 6) is -1.77. The van der Waals surface area contributed by atoms with Gasteiger partial charge in [0.1, 0.15) is 12.6 Å². The molecule has 4 fully saturated rings. The van der Waals surface area contributed by atoms with Gasteiger partial charge in [-0.1, -0.05) is 58.3 Å². The number of carbonyl (C=O) groups is 3. The molecule has 0 aromatic carbocycles. The summed E-state index contributed by atoms with van der Waals surface area (Å²) in [6.07, 6.45) is 10.8. The number of nitrogens with zero attached hydrogens (tertiary/aromatic N) is 2. The molecule has 2 unspecified atom stereocenters. The SMILES string of the molecule is C=CCOC(=O)[C@@H]1[C@H]2C(=O)N([C@@H](CO)[C@@H](C)CC)C(C(=O)N(CC=C)C3CCCCC3)C23CC[C@H]1S3. The number of ether oxygens (including phenoxy) is 1. The van der Waals surface area contributed by atoms with Crippen molar-refractivity contribution in [2.75, 3.05) is 19.8 Å². The quantitative estimate of drug-likeness (QED) is 0.332. The van der Waals surface area contributed by atoms with Gasteiger partial charge in [-0.15, -0.1) is 18.3 Å². The van der Waals surface area contributed by atoms with E-state index in [1.54, 1.807) is 22.7 Å². The van der Waals surface area contributed by atoms with Crippen LogP contribution >= 0.6 is 11.8 Å². The van der Waals surface area contributed by atoms with Crippen LogP contribution in [0.3, 0.4) is 0 Å². The van der Waals surface area contributed by atoms with Gasteiger partial charge in [-0.3, -0.25) is 14.4 Å². The lowest BCUT2D eigenvalue weighted by Gasteiger charge is -2.43. The Morgan fingerprint density at radius 1 is 1.25 bits per heavy atom. The van der Waals surface area contributed by atoms with E-state index < -0.39 is 28.7 Å². The summed E-state index contributed by atoms with van der Waals surface area (Å²) in [5.41, 5.74) is 0. The van der Waals surface area contributed by atoms with Crippen LogP contribution in [0.25, 0.3) is 0 Å². The molecule has 7 atom stereocenters. The van der Waals surface area contributed by atoms with E-state index in [-0.39, 0.29) is 48.2 Å². The molecular weight excluding hydrogens is 476 g/mol. The van der Waals surface area contributed by atoms with Gasteiger partial charge in [0.15, 0.2) is 0 Å². The van der Waals surface area contributed by atoms with Gasteiger partial charge in [-0.25, -0.2) is 0 Å². The van der Waals surface area contributed by atoms with E-state index in [1.165, 1.54) is 12.5 Å². The number of likely N-dealkylation sites (tertiary alicyclic amines) is 1. The fourth-order valence-electron chi connectivity index (χ4n) is 7.15. The Labute approximate surface area is 219 Å². The van der Waals surface area contributed by atoms with Crippen LogP contribution in [0.15, 0.2) is 25.3 Å². The Bertz CT molecular complexity index is 874. The summed E-state index contributed by atoms with van der Waals surface area (Å²) in [6.45, 7) is 11.9. The van der Waals surface area contributed by atoms with E-state index in [2.05, 4.69) is 13.2 Å². The maximum absolute atomic E-state index is 14.6. The predicted molar refractivity (Wildman–Crippen MR) is 141 cm³/mol. The van der Waals surface area contributed by atoms with Crippen molar-refractivity contribution in [1.82, 2.24) is 9.80 Å². The number of fused-ring (bicyclic) bond motifs is 1. The summed E-state index contributed by atoms with van der Waals surface area (Å²) in [6, 6.07) is -1.04. The molecule has 0 aromatic rings. The van der Waals surface area contributed by atoms with E-state index in [4.69, 9.17) is 4.74 Å². The highest BCUT2D eigenvalue weighted by Crippen LogP contribution is 2.67. The summed E-state index contributed by atoms with van der Waals surface area (Å²) in [7, 11) is 0. The number of aliphatic hydroxyl groups excluding tert-OH is 1. The van der Waals surface area contributed by atoms with Crippen molar-refractivity contribution in [3.63, 3.8) is 0 Å². The van der Waals surface area contributed by atoms with Gasteiger partial charge in [-0.05, 0) is 31.6 Å². The Morgan fingerprint density at radius 2 is 1.97 bits per heavy atom. The topological polar surface area (TPSA) is 87.1 Å². The summed E-state index contributed by atoms with van der Waals surface area (Å²) < 4.78 is 4.77. The molecule has 3 aliphatic heterocycles. The smallest absolute Gasteiger partial charge is 0.311 e. The van der Waals surface area contributed by atoms with E-state index in [1.807, 2.05) is 18.7 Å². The molecule has 7 nitrogen and oxygen atoms in total. The fraction of sp³-hybridized carbons (Fsp3) is 0.750. The number of rotatable bonds is 11. The second kappa shape index (κ2) is 11.3. The minimum atomic E-state index is -0.699. The zero-order valence-corrected chi connectivity index (χ0v) is 22.6. The second-order valence-electron chi connectivity index (χ2n) is 10.9. The third kappa shape index (κ3) is 4.42. The first-order chi connectivity index (χ1) is 17.4. The molecule has 2 amide bonds. The van der Waals surface area contributed by atoms with Gasteiger partial charge in [-0.2, -0.15) is 0 Å². The second-order valence-corrected chi connectivity index (χ2v) is 12.5. The van der Waals surface area contributed by atoms with Crippen LogP contribution in [0.5, 0.6) is 0 Å². The average molecular weight is 519 g/mol. The van der Waals surface area contributed by atoms with Crippen LogP contribution < -0.4 is 0 Å². The lowest BCUT2D eigenvalue weighted by atomic mass is 9.71. The first kappa shape index (κ1) is 27.2. The van der Waals surface area contributed by atoms with Gasteiger partial charge in [0.25, 0.3) is 0 Å². The number of hydrogen-bond acceptors (Lipinski definition) is 6. The van der Waals surface area contributed by atoms with Crippen molar-refractivity contribution < 1.29 is 24.2 Å². The van der Waals surface area contributed by atoms with Crippen molar-refractivity contribution in [2.24, 2.45) is 17.8 Å². The summed E-state index contributed by atoms with van der Waals surface area (Å²) in [4.78, 5) is 45.6. The highest BCUT2D eigenvalue weighted by molar-refractivity contribution is 8.02. The molecule has 36 heavy (non-hydrogen) atoms. The molecule has 1 aliphatic carbocycles. The number of thioether (sulfide) groups is 1. The normalized spacial score (nSPS) is 33.2. The molecule has 4 aliphatic rings. The van der Waals surface area contributed by atoms with Crippen LogP contribution in [0.1, 0.15) is 65.2 Å². The third-order valence-electron chi connectivity index (χ3n) is 9.06. The molecule has 4 rings (SSSR count). The van der Waals surface area contributed by atoms with Crippen LogP contribution in [0, 0.1) is 17.8 Å². The molecule has 3 heterocycles. The number of carbonyl (C=O) groups excluding carboxylic acids is 3. The molecule has 0 radical (unpaired) electrons. The van der Waals surface area contributed by atoms with Crippen LogP contribution in [0.4, 0.5) is 0 Å². The molecule has 1 saturated carbocycles. The number of amides is 2. The molecule has 0 aromatic heterocycles. The van der Waals surface area contributed by atoms with Crippen molar-refractivity contribution in [2.45, 2.75) is 93.3 Å². The Kier molecular flexibility index (Phi) is 8.55. The first-order valence-electron chi connectivity index (χ1n) is 13.7. The number of esters is 1. The Morgan fingerprint density at radius 3 is 2.58 bits per heavy atom. The standard InChI is InChI=1S/C28H42N2O5S/c1-5-15-29(19-11-9-8-10-12-19)26(33)24-28-14-13-21(36-28)22(27(34)35-16-6-2)23(28)25(32)30(24)20(17-31)18(4)7-3/h5-6,18-24,31H,1-2,7-17H2,3-4H3/t18-,20-,21+,22-,23-,24?,28?/m0/s1. The van der Waals surface area contributed by atoms with Gasteiger partial charge >= 0.3 is 5.97 Å². The maximum atomic E-state index is 14.6. The van der Waals surface area contributed by atoms with Crippen LogP contribution in [-0.4, -0.2) is 80.6 Å². The van der Waals surface area contributed by atoms with Crippen molar-refractivity contribution >= 4 is 29.5 Å². The predicted octanol–water partition coefficient (Wildman–Crippen LogP) is 3.56. The zero-order chi connectivity index (χ0) is 26.0. The largest absolute Gasteiger partial charge is 0.461 e. The number of hydrogen-bond donors (Lipinski definition) is 1. The molecule has 1 spiro atoms. The van der Waals surface area contributed by atoms with Gasteiger partial charge in [0, 0.05) is 17.8 Å². The summed E-state index contributed by atoms with van der Waals surface area (Å²) >= 11 is 1.65. The lowest BCUT2D eigenvalue weighted by Crippen LogP contribution is -2.60. The van der Waals surface area contributed by atoms with E-state index in [0.717, 1.165) is 38.5 Å². The van der Waals surface area contributed by atoms with E-state index in [0.29, 0.717) is 13.0 Å². The van der Waals surface area contributed by atoms with Gasteiger partial charge in [0.05, 0.1) is 29.2 Å². The summed E-state index contributed by atoms with van der Waals surface area (Å²) in [5, 5.41) is 10.4. The first-order valence-corrected chi connectivity index (χ1v) is 14.5. The van der Waals surface area contributed by atoms with Crippen LogP contribution in [0.2, 0.25) is 0 Å². The maximum Gasteiger partial charge on any atom is 0.311 e.